The van der Waals surface area contributed by atoms with E-state index in [1.54, 1.807) is 24.7 Å². The van der Waals surface area contributed by atoms with Gasteiger partial charge in [0.1, 0.15) is 5.69 Å². The number of hydrogen-bond donors (Lipinski definition) is 1. The van der Waals surface area contributed by atoms with Gasteiger partial charge in [0.25, 0.3) is 5.91 Å². The zero-order chi connectivity index (χ0) is 19.2. The molecular formula is C22H24N4O. The molecule has 1 amide bonds. The predicted octanol–water partition coefficient (Wildman–Crippen LogP) is 4.02. The number of nitrogens with zero attached hydrogens (tertiary/aromatic N) is 3. The summed E-state index contributed by atoms with van der Waals surface area (Å²) < 4.78 is 0. The Hall–Kier alpha value is -3.21. The smallest absolute Gasteiger partial charge is 0.274 e. The fourth-order valence-corrected chi connectivity index (χ4v) is 2.74. The molecule has 0 radical (unpaired) electrons. The van der Waals surface area contributed by atoms with Gasteiger partial charge in [-0.05, 0) is 73.4 Å². The van der Waals surface area contributed by atoms with Crippen molar-refractivity contribution in [2.75, 3.05) is 23.8 Å². The molecule has 0 aliphatic carbocycles. The Labute approximate surface area is 160 Å². The minimum Gasteiger partial charge on any atom is -0.373 e. The first-order valence-corrected chi connectivity index (χ1v) is 8.97. The third kappa shape index (κ3) is 4.91. The van der Waals surface area contributed by atoms with Crippen LogP contribution in [0.1, 0.15) is 27.2 Å². The summed E-state index contributed by atoms with van der Waals surface area (Å²) in [6, 6.07) is 13.6. The molecule has 2 aromatic heterocycles. The quantitative estimate of drug-likeness (QED) is 0.721. The molecule has 5 nitrogen and oxygen atoms in total. The lowest BCUT2D eigenvalue weighted by molar-refractivity contribution is 0.102. The van der Waals surface area contributed by atoms with Gasteiger partial charge in [0.05, 0.1) is 11.9 Å². The van der Waals surface area contributed by atoms with Gasteiger partial charge in [-0.15, -0.1) is 0 Å². The standard InChI is InChI=1S/C22H24N4O/c1-16-4-5-19(14-17(16)2)25-22(27)21-7-6-20(15-24-21)26(3)13-10-18-8-11-23-12-9-18/h4-9,11-12,14-15H,10,13H2,1-3H3,(H,25,27). The number of pyridine rings is 2. The number of benzene rings is 1. The number of nitrogens with one attached hydrogen (secondary N) is 1. The summed E-state index contributed by atoms with van der Waals surface area (Å²) >= 11 is 0. The highest BCUT2D eigenvalue weighted by atomic mass is 16.1. The molecule has 0 spiro atoms. The number of rotatable bonds is 6. The number of aromatic nitrogens is 2. The molecule has 27 heavy (non-hydrogen) atoms. The van der Waals surface area contributed by atoms with E-state index in [1.165, 1.54) is 11.1 Å². The van der Waals surface area contributed by atoms with Gasteiger partial charge in [0.2, 0.25) is 0 Å². The number of anilines is 2. The second-order valence-corrected chi connectivity index (χ2v) is 6.68. The van der Waals surface area contributed by atoms with Crippen molar-refractivity contribution in [3.63, 3.8) is 0 Å². The lowest BCUT2D eigenvalue weighted by atomic mass is 10.1. The van der Waals surface area contributed by atoms with Crippen molar-refractivity contribution < 1.29 is 4.79 Å². The van der Waals surface area contributed by atoms with Crippen molar-refractivity contribution in [1.29, 1.82) is 0 Å². The van der Waals surface area contributed by atoms with Crippen molar-refractivity contribution in [3.05, 3.63) is 83.4 Å². The number of amides is 1. The maximum absolute atomic E-state index is 12.4. The Morgan fingerprint density at radius 1 is 1.04 bits per heavy atom. The zero-order valence-corrected chi connectivity index (χ0v) is 15.9. The molecule has 0 unspecified atom stereocenters. The molecule has 1 N–H and O–H groups in total. The monoisotopic (exact) mass is 360 g/mol. The van der Waals surface area contributed by atoms with Crippen LogP contribution in [-0.2, 0) is 6.42 Å². The molecule has 3 rings (SSSR count). The highest BCUT2D eigenvalue weighted by molar-refractivity contribution is 6.03. The fraction of sp³-hybridized carbons (Fsp3) is 0.227. The minimum atomic E-state index is -0.204. The lowest BCUT2D eigenvalue weighted by Crippen LogP contribution is -2.21. The number of aryl methyl sites for hydroxylation is 2. The van der Waals surface area contributed by atoms with Crippen LogP contribution < -0.4 is 10.2 Å². The zero-order valence-electron chi connectivity index (χ0n) is 15.9. The maximum atomic E-state index is 12.4. The van der Waals surface area contributed by atoms with E-state index in [0.717, 1.165) is 29.9 Å². The largest absolute Gasteiger partial charge is 0.373 e. The summed E-state index contributed by atoms with van der Waals surface area (Å²) in [6.45, 7) is 4.94. The van der Waals surface area contributed by atoms with E-state index in [1.807, 2.05) is 57.3 Å². The highest BCUT2D eigenvalue weighted by Gasteiger charge is 2.09. The Kier molecular flexibility index (Phi) is 5.81. The van der Waals surface area contributed by atoms with Crippen molar-refractivity contribution in [2.24, 2.45) is 0 Å². The molecule has 1 aromatic carbocycles. The summed E-state index contributed by atoms with van der Waals surface area (Å²) in [5, 5.41) is 2.90. The summed E-state index contributed by atoms with van der Waals surface area (Å²) in [6.07, 6.45) is 6.27. The van der Waals surface area contributed by atoms with E-state index in [4.69, 9.17) is 0 Å². The molecular weight excluding hydrogens is 336 g/mol. The summed E-state index contributed by atoms with van der Waals surface area (Å²) in [5.41, 5.74) is 5.75. The third-order valence-corrected chi connectivity index (χ3v) is 4.67. The maximum Gasteiger partial charge on any atom is 0.274 e. The lowest BCUT2D eigenvalue weighted by Gasteiger charge is -2.19. The van der Waals surface area contributed by atoms with Crippen molar-refractivity contribution in [1.82, 2.24) is 9.97 Å². The first-order valence-electron chi connectivity index (χ1n) is 8.97. The van der Waals surface area contributed by atoms with Crippen LogP contribution in [0.2, 0.25) is 0 Å². The fourth-order valence-electron chi connectivity index (χ4n) is 2.74. The molecule has 0 atom stereocenters. The van der Waals surface area contributed by atoms with Crippen LogP contribution in [0.4, 0.5) is 11.4 Å². The molecule has 3 aromatic rings. The van der Waals surface area contributed by atoms with Gasteiger partial charge in [-0.25, -0.2) is 4.98 Å². The minimum absolute atomic E-state index is 0.204. The Morgan fingerprint density at radius 2 is 1.81 bits per heavy atom. The van der Waals surface area contributed by atoms with E-state index in [-0.39, 0.29) is 5.91 Å². The first kappa shape index (κ1) is 18.6. The molecule has 0 saturated heterocycles. The van der Waals surface area contributed by atoms with Gasteiger partial charge in [-0.1, -0.05) is 6.07 Å². The number of hydrogen-bond acceptors (Lipinski definition) is 4. The van der Waals surface area contributed by atoms with E-state index >= 15 is 0 Å². The summed E-state index contributed by atoms with van der Waals surface area (Å²) in [5.74, 6) is -0.204. The second-order valence-electron chi connectivity index (χ2n) is 6.68. The van der Waals surface area contributed by atoms with Gasteiger partial charge in [-0.3, -0.25) is 9.78 Å². The van der Waals surface area contributed by atoms with Crippen LogP contribution in [-0.4, -0.2) is 29.5 Å². The van der Waals surface area contributed by atoms with E-state index in [2.05, 4.69) is 20.2 Å². The molecule has 0 saturated carbocycles. The van der Waals surface area contributed by atoms with Crippen molar-refractivity contribution >= 4 is 17.3 Å². The summed E-state index contributed by atoms with van der Waals surface area (Å²) in [7, 11) is 2.02. The normalized spacial score (nSPS) is 10.5. The molecule has 2 heterocycles. The number of carbonyl (C=O) groups excluding carboxylic acids is 1. The van der Waals surface area contributed by atoms with Crippen LogP contribution >= 0.6 is 0 Å². The van der Waals surface area contributed by atoms with Crippen molar-refractivity contribution in [2.45, 2.75) is 20.3 Å². The third-order valence-electron chi connectivity index (χ3n) is 4.67. The average Bonchev–Trinajstić information content (AvgIpc) is 2.70. The van der Waals surface area contributed by atoms with E-state index < -0.39 is 0 Å². The number of carbonyl (C=O) groups is 1. The van der Waals surface area contributed by atoms with Crippen LogP contribution in [0.15, 0.2) is 61.1 Å². The van der Waals surface area contributed by atoms with Gasteiger partial charge in [0, 0.05) is 31.7 Å². The van der Waals surface area contributed by atoms with Crippen LogP contribution in [0.3, 0.4) is 0 Å². The van der Waals surface area contributed by atoms with Gasteiger partial charge in [0.15, 0.2) is 0 Å². The van der Waals surface area contributed by atoms with Gasteiger partial charge < -0.3 is 10.2 Å². The first-order chi connectivity index (χ1) is 13.0. The second kappa shape index (κ2) is 8.45. The topological polar surface area (TPSA) is 58.1 Å². The van der Waals surface area contributed by atoms with E-state index in [0.29, 0.717) is 5.69 Å². The van der Waals surface area contributed by atoms with Gasteiger partial charge >= 0.3 is 0 Å². The molecule has 5 heteroatoms. The molecule has 0 aliphatic rings. The SMILES string of the molecule is Cc1ccc(NC(=O)c2ccc(N(C)CCc3ccncc3)cn2)cc1C. The number of likely N-dealkylation sites (N-methyl/N-ethyl adjacent to an activating group) is 1. The Bertz CT molecular complexity index is 907. The highest BCUT2D eigenvalue weighted by Crippen LogP contribution is 2.16. The van der Waals surface area contributed by atoms with E-state index in [9.17, 15) is 4.79 Å². The molecule has 0 bridgehead atoms. The van der Waals surface area contributed by atoms with Crippen LogP contribution in [0.5, 0.6) is 0 Å². The molecule has 138 valence electrons. The molecule has 0 aliphatic heterocycles. The summed E-state index contributed by atoms with van der Waals surface area (Å²) in [4.78, 5) is 22.9. The van der Waals surface area contributed by atoms with Crippen LogP contribution in [0.25, 0.3) is 0 Å². The van der Waals surface area contributed by atoms with Crippen LogP contribution in [0, 0.1) is 13.8 Å². The van der Waals surface area contributed by atoms with Crippen molar-refractivity contribution in [3.8, 4) is 0 Å². The Morgan fingerprint density at radius 3 is 2.48 bits per heavy atom. The predicted molar refractivity (Wildman–Crippen MR) is 109 cm³/mol. The average molecular weight is 360 g/mol. The van der Waals surface area contributed by atoms with Gasteiger partial charge in [-0.2, -0.15) is 0 Å². The molecule has 0 fully saturated rings. The Balaban J connectivity index is 1.60.